The van der Waals surface area contributed by atoms with E-state index in [4.69, 9.17) is 0 Å². The van der Waals surface area contributed by atoms with Crippen LogP contribution >= 0.6 is 0 Å². The van der Waals surface area contributed by atoms with E-state index in [9.17, 15) is 9.90 Å². The van der Waals surface area contributed by atoms with Crippen molar-refractivity contribution in [2.45, 2.75) is 0 Å². The quantitative estimate of drug-likeness (QED) is 0.580. The molecular formula is C22H17N2O2+. The van der Waals surface area contributed by atoms with Gasteiger partial charge in [-0.05, 0) is 29.8 Å². The van der Waals surface area contributed by atoms with Crippen molar-refractivity contribution < 1.29 is 9.67 Å². The van der Waals surface area contributed by atoms with Gasteiger partial charge in [-0.1, -0.05) is 66.7 Å². The molecule has 126 valence electrons. The van der Waals surface area contributed by atoms with E-state index >= 15 is 0 Å². The molecule has 26 heavy (non-hydrogen) atoms. The van der Waals surface area contributed by atoms with Gasteiger partial charge in [-0.25, -0.2) is 4.79 Å². The standard InChI is InChI=1S/C22H16N2O2/c25-21-20(17-10-4-1-5-11-17)22(26)24(19-14-8-3-9-15-19)16-23(21)18-12-6-2-7-13-18/h1-16H/p+1. The molecule has 3 aromatic carbocycles. The first-order valence-corrected chi connectivity index (χ1v) is 8.32. The van der Waals surface area contributed by atoms with Crippen LogP contribution in [-0.4, -0.2) is 9.67 Å². The van der Waals surface area contributed by atoms with Crippen LogP contribution in [0, 0.1) is 0 Å². The molecule has 0 unspecified atom stereocenters. The Hall–Kier alpha value is -3.66. The molecule has 0 amide bonds. The van der Waals surface area contributed by atoms with Gasteiger partial charge in [0, 0.05) is 0 Å². The van der Waals surface area contributed by atoms with Crippen molar-refractivity contribution in [3.63, 3.8) is 0 Å². The highest BCUT2D eigenvalue weighted by molar-refractivity contribution is 5.66. The van der Waals surface area contributed by atoms with E-state index in [0.29, 0.717) is 5.56 Å². The summed E-state index contributed by atoms with van der Waals surface area (Å²) in [7, 11) is 0. The van der Waals surface area contributed by atoms with Crippen LogP contribution in [0.5, 0.6) is 5.88 Å². The van der Waals surface area contributed by atoms with Crippen molar-refractivity contribution >= 4 is 0 Å². The van der Waals surface area contributed by atoms with E-state index in [1.54, 1.807) is 15.5 Å². The van der Waals surface area contributed by atoms with Gasteiger partial charge >= 0.3 is 11.4 Å². The van der Waals surface area contributed by atoms with Crippen molar-refractivity contribution in [1.29, 1.82) is 0 Å². The molecule has 0 saturated heterocycles. The average Bonchev–Trinajstić information content (AvgIpc) is 2.70. The summed E-state index contributed by atoms with van der Waals surface area (Å²) in [5.41, 5.74) is 2.17. The Labute approximate surface area is 150 Å². The first kappa shape index (κ1) is 15.8. The van der Waals surface area contributed by atoms with Gasteiger partial charge in [-0.3, -0.25) is 0 Å². The van der Waals surface area contributed by atoms with Gasteiger partial charge in [-0.2, -0.15) is 9.13 Å². The van der Waals surface area contributed by atoms with Gasteiger partial charge < -0.3 is 5.11 Å². The Morgan fingerprint density at radius 1 is 0.731 bits per heavy atom. The van der Waals surface area contributed by atoms with Crippen LogP contribution in [-0.2, 0) is 0 Å². The zero-order valence-corrected chi connectivity index (χ0v) is 14.0. The SMILES string of the molecule is O=c1c(-c2ccccc2)c(O)[n+](-c2ccccc2)cn1-c1ccccc1. The van der Waals surface area contributed by atoms with E-state index in [1.165, 1.54) is 0 Å². The molecule has 4 nitrogen and oxygen atoms in total. The maximum Gasteiger partial charge on any atom is 0.354 e. The number of benzene rings is 3. The molecule has 4 aromatic rings. The molecule has 1 heterocycles. The minimum Gasteiger partial charge on any atom is -0.477 e. The van der Waals surface area contributed by atoms with Crippen LogP contribution in [0.4, 0.5) is 0 Å². The summed E-state index contributed by atoms with van der Waals surface area (Å²) in [5, 5.41) is 10.9. The molecular weight excluding hydrogens is 324 g/mol. The minimum atomic E-state index is -0.271. The van der Waals surface area contributed by atoms with Crippen molar-refractivity contribution in [1.82, 2.24) is 4.57 Å². The highest BCUT2D eigenvalue weighted by Gasteiger charge is 2.24. The van der Waals surface area contributed by atoms with Crippen LogP contribution in [0.2, 0.25) is 0 Å². The fraction of sp³-hybridized carbons (Fsp3) is 0. The Morgan fingerprint density at radius 2 is 1.27 bits per heavy atom. The Balaban J connectivity index is 2.07. The van der Waals surface area contributed by atoms with E-state index in [-0.39, 0.29) is 17.0 Å². The van der Waals surface area contributed by atoms with Gasteiger partial charge in [-0.15, -0.1) is 0 Å². The van der Waals surface area contributed by atoms with Crippen LogP contribution in [0.15, 0.2) is 102 Å². The maximum absolute atomic E-state index is 13.2. The van der Waals surface area contributed by atoms with Crippen LogP contribution in [0.3, 0.4) is 0 Å². The summed E-state index contributed by atoms with van der Waals surface area (Å²) in [6.07, 6.45) is 1.62. The van der Waals surface area contributed by atoms with E-state index < -0.39 is 0 Å². The van der Waals surface area contributed by atoms with Gasteiger partial charge in [0.25, 0.3) is 6.33 Å². The highest BCUT2D eigenvalue weighted by Crippen LogP contribution is 2.23. The predicted molar refractivity (Wildman–Crippen MR) is 101 cm³/mol. The van der Waals surface area contributed by atoms with Crippen molar-refractivity contribution in [2.24, 2.45) is 0 Å². The lowest BCUT2D eigenvalue weighted by molar-refractivity contribution is -0.608. The molecule has 0 aliphatic rings. The predicted octanol–water partition coefficient (Wildman–Crippen LogP) is 3.49. The topological polar surface area (TPSA) is 46.1 Å². The molecule has 4 rings (SSSR count). The third kappa shape index (κ3) is 2.78. The number of para-hydroxylation sites is 2. The van der Waals surface area contributed by atoms with Gasteiger partial charge in [0.05, 0.1) is 0 Å². The van der Waals surface area contributed by atoms with Crippen molar-refractivity contribution in [3.05, 3.63) is 108 Å². The summed E-state index contributed by atoms with van der Waals surface area (Å²) in [6.45, 7) is 0. The number of nitrogens with zero attached hydrogens (tertiary/aromatic N) is 2. The molecule has 1 N–H and O–H groups in total. The van der Waals surface area contributed by atoms with Gasteiger partial charge in [0.1, 0.15) is 11.4 Å². The van der Waals surface area contributed by atoms with Gasteiger partial charge in [0.15, 0.2) is 5.56 Å². The van der Waals surface area contributed by atoms with Gasteiger partial charge in [0.2, 0.25) is 0 Å². The van der Waals surface area contributed by atoms with Crippen molar-refractivity contribution in [2.75, 3.05) is 0 Å². The second-order valence-electron chi connectivity index (χ2n) is 5.90. The third-order valence-corrected chi connectivity index (χ3v) is 4.25. The molecule has 0 spiro atoms. The molecule has 0 bridgehead atoms. The zero-order chi connectivity index (χ0) is 17.9. The zero-order valence-electron chi connectivity index (χ0n) is 14.0. The highest BCUT2D eigenvalue weighted by atomic mass is 16.3. The van der Waals surface area contributed by atoms with E-state index in [1.807, 2.05) is 91.0 Å². The molecule has 1 aromatic heterocycles. The fourth-order valence-corrected chi connectivity index (χ4v) is 2.97. The average molecular weight is 341 g/mol. The molecule has 0 aliphatic carbocycles. The van der Waals surface area contributed by atoms with E-state index in [2.05, 4.69) is 0 Å². The van der Waals surface area contributed by atoms with Crippen molar-refractivity contribution in [3.8, 4) is 28.4 Å². The van der Waals surface area contributed by atoms with E-state index in [0.717, 1.165) is 11.4 Å². The fourth-order valence-electron chi connectivity index (χ4n) is 2.97. The maximum atomic E-state index is 13.2. The number of hydrogen-bond acceptors (Lipinski definition) is 2. The molecule has 0 atom stereocenters. The summed E-state index contributed by atoms with van der Waals surface area (Å²) in [5.74, 6) is -0.0837. The first-order chi connectivity index (χ1) is 12.8. The molecule has 4 heteroatoms. The summed E-state index contributed by atoms with van der Waals surface area (Å²) in [6, 6.07) is 28.1. The molecule has 0 saturated carbocycles. The minimum absolute atomic E-state index is 0.0837. The number of hydrogen-bond donors (Lipinski definition) is 1. The number of aromatic nitrogens is 2. The second-order valence-corrected chi connectivity index (χ2v) is 5.90. The number of rotatable bonds is 3. The lowest BCUT2D eigenvalue weighted by Gasteiger charge is -2.09. The van der Waals surface area contributed by atoms with Crippen LogP contribution in [0.1, 0.15) is 0 Å². The molecule has 0 aliphatic heterocycles. The monoisotopic (exact) mass is 341 g/mol. The Bertz CT molecular complexity index is 1090. The smallest absolute Gasteiger partial charge is 0.354 e. The second kappa shape index (κ2) is 6.69. The molecule has 0 fully saturated rings. The van der Waals surface area contributed by atoms with Crippen LogP contribution in [0.25, 0.3) is 22.5 Å². The Morgan fingerprint density at radius 3 is 1.88 bits per heavy atom. The lowest BCUT2D eigenvalue weighted by Crippen LogP contribution is -2.38. The largest absolute Gasteiger partial charge is 0.477 e. The summed E-state index contributed by atoms with van der Waals surface area (Å²) < 4.78 is 3.17. The Kier molecular flexibility index (Phi) is 4.07. The first-order valence-electron chi connectivity index (χ1n) is 8.32. The lowest BCUT2D eigenvalue weighted by atomic mass is 10.1. The summed E-state index contributed by atoms with van der Waals surface area (Å²) in [4.78, 5) is 13.2. The summed E-state index contributed by atoms with van der Waals surface area (Å²) >= 11 is 0. The molecule has 0 radical (unpaired) electrons. The number of aromatic hydroxyl groups is 1. The normalized spacial score (nSPS) is 10.6. The third-order valence-electron chi connectivity index (χ3n) is 4.25. The van der Waals surface area contributed by atoms with Crippen LogP contribution < -0.4 is 10.1 Å².